The summed E-state index contributed by atoms with van der Waals surface area (Å²) in [7, 11) is 1.80. The smallest absolute Gasteiger partial charge is 0.248 e. The normalized spacial score (nSPS) is 12.0. The summed E-state index contributed by atoms with van der Waals surface area (Å²) in [5.41, 5.74) is 0.529. The second kappa shape index (κ2) is 9.54. The Morgan fingerprint density at radius 3 is 2.57 bits per heavy atom. The zero-order chi connectivity index (χ0) is 20.7. The van der Waals surface area contributed by atoms with Crippen molar-refractivity contribution in [3.63, 3.8) is 0 Å². The molecule has 0 radical (unpaired) electrons. The molecule has 1 aromatic heterocycles. The van der Waals surface area contributed by atoms with E-state index < -0.39 is 0 Å². The Kier molecular flexibility index (Phi) is 7.39. The maximum Gasteiger partial charge on any atom is 0.248 e. The van der Waals surface area contributed by atoms with Gasteiger partial charge in [0.25, 0.3) is 0 Å². The van der Waals surface area contributed by atoms with Crippen molar-refractivity contribution in [1.82, 2.24) is 25.7 Å². The minimum absolute atomic E-state index is 0.0802. The van der Waals surface area contributed by atoms with Crippen LogP contribution in [0.2, 0.25) is 5.02 Å². The number of hydrogen-bond acceptors (Lipinski definition) is 5. The number of guanidine groups is 1. The molecule has 0 atom stereocenters. The van der Waals surface area contributed by atoms with Crippen LogP contribution in [-0.4, -0.2) is 52.6 Å². The second-order valence-corrected chi connectivity index (χ2v) is 7.78. The molecular formula is C19H27ClN6O2. The Hall–Kier alpha value is -2.61. The van der Waals surface area contributed by atoms with Crippen LogP contribution >= 0.6 is 11.6 Å². The highest BCUT2D eigenvalue weighted by Gasteiger charge is 2.17. The van der Waals surface area contributed by atoms with Crippen LogP contribution in [0.1, 0.15) is 33.6 Å². The minimum Gasteiger partial charge on any atom is -0.356 e. The topological polar surface area (TPSA) is 95.7 Å². The average molecular weight is 407 g/mol. The van der Waals surface area contributed by atoms with Gasteiger partial charge in [-0.1, -0.05) is 16.8 Å². The van der Waals surface area contributed by atoms with E-state index in [9.17, 15) is 4.79 Å². The van der Waals surface area contributed by atoms with Crippen molar-refractivity contribution in [1.29, 1.82) is 0 Å². The molecule has 0 saturated heterocycles. The number of likely N-dealkylation sites (N-methyl/N-ethyl adjacent to an activating group) is 1. The molecule has 0 fully saturated rings. The number of hydrogen-bond donors (Lipinski definition) is 2. The number of aromatic nitrogens is 2. The van der Waals surface area contributed by atoms with Gasteiger partial charge in [-0.25, -0.2) is 4.99 Å². The van der Waals surface area contributed by atoms with Crippen LogP contribution in [0, 0.1) is 0 Å². The fraction of sp³-hybridized carbons (Fsp3) is 0.474. The number of nitrogens with zero attached hydrogens (tertiary/aromatic N) is 4. The lowest BCUT2D eigenvalue weighted by Crippen LogP contribution is -2.48. The van der Waals surface area contributed by atoms with Gasteiger partial charge in [-0.3, -0.25) is 4.79 Å². The van der Waals surface area contributed by atoms with E-state index in [4.69, 9.17) is 16.1 Å². The van der Waals surface area contributed by atoms with Crippen LogP contribution in [0.5, 0.6) is 0 Å². The van der Waals surface area contributed by atoms with Gasteiger partial charge in [0.1, 0.15) is 6.54 Å². The van der Waals surface area contributed by atoms with Gasteiger partial charge in [0.15, 0.2) is 5.96 Å². The number of nitrogens with one attached hydrogen (secondary N) is 2. The molecule has 0 aliphatic carbocycles. The quantitative estimate of drug-likeness (QED) is 0.565. The maximum absolute atomic E-state index is 12.2. The molecule has 0 unspecified atom stereocenters. The van der Waals surface area contributed by atoms with E-state index >= 15 is 0 Å². The van der Waals surface area contributed by atoms with Gasteiger partial charge in [-0.15, -0.1) is 0 Å². The summed E-state index contributed by atoms with van der Waals surface area (Å²) in [6, 6.07) is 7.19. The summed E-state index contributed by atoms with van der Waals surface area (Å²) in [4.78, 5) is 22.7. The predicted molar refractivity (Wildman–Crippen MR) is 110 cm³/mol. The average Bonchev–Trinajstić information content (AvgIpc) is 3.06. The number of aliphatic imine (C=N–C) groups is 1. The largest absolute Gasteiger partial charge is 0.356 e. The van der Waals surface area contributed by atoms with E-state index in [0.717, 1.165) is 5.56 Å². The Morgan fingerprint density at radius 2 is 1.96 bits per heavy atom. The summed E-state index contributed by atoms with van der Waals surface area (Å²) < 4.78 is 5.28. The zero-order valence-electron chi connectivity index (χ0n) is 16.9. The Bertz CT molecular complexity index is 811. The fourth-order valence-electron chi connectivity index (χ4n) is 2.40. The van der Waals surface area contributed by atoms with Crippen molar-refractivity contribution in [2.75, 3.05) is 20.1 Å². The third kappa shape index (κ3) is 6.84. The lowest BCUT2D eigenvalue weighted by atomic mass is 10.1. The van der Waals surface area contributed by atoms with Gasteiger partial charge >= 0.3 is 0 Å². The van der Waals surface area contributed by atoms with Gasteiger partial charge in [-0.2, -0.15) is 4.98 Å². The molecule has 0 aliphatic heterocycles. The van der Waals surface area contributed by atoms with Crippen molar-refractivity contribution in [2.24, 2.45) is 4.99 Å². The summed E-state index contributed by atoms with van der Waals surface area (Å²) in [6.45, 7) is 8.85. The number of rotatable bonds is 6. The lowest BCUT2D eigenvalue weighted by Gasteiger charge is -2.25. The van der Waals surface area contributed by atoms with Crippen molar-refractivity contribution in [3.05, 3.63) is 35.2 Å². The highest BCUT2D eigenvalue weighted by Crippen LogP contribution is 2.18. The standard InChI is InChI=1S/C19H27ClN6O2/c1-6-21-18(26(5)12-15(27)24-19(2,3)4)22-11-16-23-17(25-28-16)13-7-9-14(20)10-8-13/h7-10H,6,11-12H2,1-5H3,(H,21,22)(H,24,27). The first-order chi connectivity index (χ1) is 13.2. The molecule has 152 valence electrons. The molecule has 1 aromatic carbocycles. The molecule has 0 saturated carbocycles. The van der Waals surface area contributed by atoms with Crippen molar-refractivity contribution in [3.8, 4) is 11.4 Å². The van der Waals surface area contributed by atoms with Crippen LogP contribution in [0.4, 0.5) is 0 Å². The minimum atomic E-state index is -0.283. The molecule has 0 bridgehead atoms. The highest BCUT2D eigenvalue weighted by atomic mass is 35.5. The van der Waals surface area contributed by atoms with Gasteiger partial charge < -0.3 is 20.1 Å². The molecule has 8 nitrogen and oxygen atoms in total. The number of amides is 1. The predicted octanol–water partition coefficient (Wildman–Crippen LogP) is 2.70. The summed E-state index contributed by atoms with van der Waals surface area (Å²) >= 11 is 5.90. The first-order valence-electron chi connectivity index (χ1n) is 9.07. The van der Waals surface area contributed by atoms with Gasteiger partial charge in [0.2, 0.25) is 17.6 Å². The van der Waals surface area contributed by atoms with E-state index in [1.165, 1.54) is 0 Å². The SMILES string of the molecule is CCNC(=NCc1nc(-c2ccc(Cl)cc2)no1)N(C)CC(=O)NC(C)(C)C. The molecule has 2 N–H and O–H groups in total. The monoisotopic (exact) mass is 406 g/mol. The van der Waals surface area contributed by atoms with Gasteiger partial charge in [0, 0.05) is 29.7 Å². The van der Waals surface area contributed by atoms with E-state index in [0.29, 0.717) is 29.2 Å². The number of carbonyl (C=O) groups excluding carboxylic acids is 1. The third-order valence-corrected chi connectivity index (χ3v) is 3.78. The number of halogens is 1. The molecule has 1 amide bonds. The molecule has 1 heterocycles. The first-order valence-corrected chi connectivity index (χ1v) is 9.44. The molecule has 9 heteroatoms. The fourth-order valence-corrected chi connectivity index (χ4v) is 2.52. The molecular weight excluding hydrogens is 380 g/mol. The van der Waals surface area contributed by atoms with Crippen LogP contribution in [0.15, 0.2) is 33.8 Å². The molecule has 0 aliphatic rings. The molecule has 2 aromatic rings. The second-order valence-electron chi connectivity index (χ2n) is 7.34. The van der Waals surface area contributed by atoms with Crippen LogP contribution in [0.3, 0.4) is 0 Å². The van der Waals surface area contributed by atoms with Gasteiger partial charge in [-0.05, 0) is 52.0 Å². The summed E-state index contributed by atoms with van der Waals surface area (Å²) in [5, 5.41) is 10.7. The highest BCUT2D eigenvalue weighted by molar-refractivity contribution is 6.30. The van der Waals surface area contributed by atoms with Crippen LogP contribution in [0.25, 0.3) is 11.4 Å². The van der Waals surface area contributed by atoms with Crippen molar-refractivity contribution >= 4 is 23.5 Å². The zero-order valence-corrected chi connectivity index (χ0v) is 17.7. The number of carbonyl (C=O) groups is 1. The number of benzene rings is 1. The Labute approximate surface area is 170 Å². The van der Waals surface area contributed by atoms with Crippen molar-refractivity contribution < 1.29 is 9.32 Å². The maximum atomic E-state index is 12.2. The van der Waals surface area contributed by atoms with E-state index in [-0.39, 0.29) is 24.5 Å². The first kappa shape index (κ1) is 21.7. The summed E-state index contributed by atoms with van der Waals surface area (Å²) in [5.74, 6) is 1.36. The van der Waals surface area contributed by atoms with E-state index in [1.807, 2.05) is 39.8 Å². The van der Waals surface area contributed by atoms with E-state index in [2.05, 4.69) is 25.8 Å². The van der Waals surface area contributed by atoms with Gasteiger partial charge in [0.05, 0.1) is 6.54 Å². The molecule has 0 spiro atoms. The van der Waals surface area contributed by atoms with E-state index in [1.54, 1.807) is 24.1 Å². The van der Waals surface area contributed by atoms with Crippen molar-refractivity contribution in [2.45, 2.75) is 39.8 Å². The Morgan fingerprint density at radius 1 is 1.29 bits per heavy atom. The lowest BCUT2D eigenvalue weighted by molar-refractivity contribution is -0.122. The summed E-state index contributed by atoms with van der Waals surface area (Å²) in [6.07, 6.45) is 0. The van der Waals surface area contributed by atoms with Crippen LogP contribution < -0.4 is 10.6 Å². The molecule has 2 rings (SSSR count). The Balaban J connectivity index is 2.04. The van der Waals surface area contributed by atoms with Crippen LogP contribution in [-0.2, 0) is 11.3 Å². The molecule has 28 heavy (non-hydrogen) atoms. The third-order valence-electron chi connectivity index (χ3n) is 3.53.